The van der Waals surface area contributed by atoms with Crippen LogP contribution in [-0.2, 0) is 11.8 Å². The molecule has 0 spiro atoms. The maximum Gasteiger partial charge on any atom is 0.319 e. The summed E-state index contributed by atoms with van der Waals surface area (Å²) >= 11 is 3.35. The molecule has 1 atom stereocenters. The topological polar surface area (TPSA) is 84.4 Å². The number of aryl methyl sites for hydroxylation is 1. The molecule has 3 rings (SSSR count). The van der Waals surface area contributed by atoms with Crippen LogP contribution in [0.1, 0.15) is 23.3 Å². The summed E-state index contributed by atoms with van der Waals surface area (Å²) in [5.41, 5.74) is 1.85. The lowest BCUT2D eigenvalue weighted by Crippen LogP contribution is -2.35. The van der Waals surface area contributed by atoms with Gasteiger partial charge in [-0.2, -0.15) is 0 Å². The van der Waals surface area contributed by atoms with Gasteiger partial charge in [0.2, 0.25) is 0 Å². The van der Waals surface area contributed by atoms with Crippen molar-refractivity contribution in [3.63, 3.8) is 0 Å². The number of halogens is 1. The SMILES string of the molecule is Cn1cc(Br)cc1C(=O)Nc1ccc(NC(=O)NCC2CCCO2)cc1. The monoisotopic (exact) mass is 420 g/mol. The molecule has 1 fully saturated rings. The number of nitrogens with zero attached hydrogens (tertiary/aromatic N) is 1. The molecule has 3 N–H and O–H groups in total. The molecule has 0 bridgehead atoms. The van der Waals surface area contributed by atoms with Crippen molar-refractivity contribution in [3.05, 3.63) is 46.7 Å². The minimum Gasteiger partial charge on any atom is -0.376 e. The van der Waals surface area contributed by atoms with Crippen LogP contribution < -0.4 is 16.0 Å². The number of hydrogen-bond donors (Lipinski definition) is 3. The molecule has 7 nitrogen and oxygen atoms in total. The molecule has 1 saturated heterocycles. The summed E-state index contributed by atoms with van der Waals surface area (Å²) in [5, 5.41) is 8.39. The molecule has 2 heterocycles. The van der Waals surface area contributed by atoms with E-state index in [1.807, 2.05) is 13.2 Å². The van der Waals surface area contributed by atoms with Gasteiger partial charge in [-0.3, -0.25) is 4.79 Å². The largest absolute Gasteiger partial charge is 0.376 e. The number of hydrogen-bond acceptors (Lipinski definition) is 3. The summed E-state index contributed by atoms with van der Waals surface area (Å²) in [4.78, 5) is 24.2. The predicted octanol–water partition coefficient (Wildman–Crippen LogP) is 3.34. The molecule has 3 amide bonds. The van der Waals surface area contributed by atoms with Crippen LogP contribution in [0.15, 0.2) is 41.0 Å². The number of anilines is 2. The van der Waals surface area contributed by atoms with E-state index in [0.717, 1.165) is 23.9 Å². The van der Waals surface area contributed by atoms with Crippen molar-refractivity contribution < 1.29 is 14.3 Å². The smallest absolute Gasteiger partial charge is 0.319 e. The highest BCUT2D eigenvalue weighted by atomic mass is 79.9. The molecular weight excluding hydrogens is 400 g/mol. The van der Waals surface area contributed by atoms with Gasteiger partial charge in [0.15, 0.2) is 0 Å². The quantitative estimate of drug-likeness (QED) is 0.693. The summed E-state index contributed by atoms with van der Waals surface area (Å²) in [6.07, 6.45) is 3.95. The maximum atomic E-state index is 12.3. The minimum absolute atomic E-state index is 0.107. The highest BCUT2D eigenvalue weighted by molar-refractivity contribution is 9.10. The number of rotatable bonds is 5. The lowest BCUT2D eigenvalue weighted by molar-refractivity contribution is 0.101. The molecule has 2 aromatic rings. The second kappa shape index (κ2) is 8.37. The molecular formula is C18H21BrN4O3. The zero-order valence-corrected chi connectivity index (χ0v) is 16.0. The summed E-state index contributed by atoms with van der Waals surface area (Å²) < 4.78 is 8.06. The van der Waals surface area contributed by atoms with Crippen LogP contribution in [0.3, 0.4) is 0 Å². The van der Waals surface area contributed by atoms with Crippen molar-refractivity contribution in [3.8, 4) is 0 Å². The van der Waals surface area contributed by atoms with Crippen LogP contribution in [-0.4, -0.2) is 35.8 Å². The van der Waals surface area contributed by atoms with Crippen molar-refractivity contribution >= 4 is 39.2 Å². The molecule has 0 saturated carbocycles. The Kier molecular flexibility index (Phi) is 5.95. The fourth-order valence-corrected chi connectivity index (χ4v) is 3.29. The Bertz CT molecular complexity index is 782. The predicted molar refractivity (Wildman–Crippen MR) is 104 cm³/mol. The van der Waals surface area contributed by atoms with E-state index in [1.165, 1.54) is 0 Å². The van der Waals surface area contributed by atoms with Crippen LogP contribution in [0.5, 0.6) is 0 Å². The number of urea groups is 1. The molecule has 138 valence electrons. The van der Waals surface area contributed by atoms with Crippen LogP contribution in [0.25, 0.3) is 0 Å². The van der Waals surface area contributed by atoms with Gasteiger partial charge in [0.25, 0.3) is 5.91 Å². The molecule has 26 heavy (non-hydrogen) atoms. The summed E-state index contributed by atoms with van der Waals surface area (Å²) in [5.74, 6) is -0.201. The van der Waals surface area contributed by atoms with Crippen LogP contribution >= 0.6 is 15.9 Å². The van der Waals surface area contributed by atoms with Gasteiger partial charge >= 0.3 is 6.03 Å². The first kappa shape index (κ1) is 18.5. The van der Waals surface area contributed by atoms with E-state index in [9.17, 15) is 9.59 Å². The van der Waals surface area contributed by atoms with E-state index in [1.54, 1.807) is 34.9 Å². The minimum atomic E-state index is -0.272. The van der Waals surface area contributed by atoms with Gasteiger partial charge < -0.3 is 25.3 Å². The highest BCUT2D eigenvalue weighted by Crippen LogP contribution is 2.17. The number of aromatic nitrogens is 1. The Balaban J connectivity index is 1.50. The molecule has 1 aliphatic heterocycles. The number of ether oxygens (including phenoxy) is 1. The fourth-order valence-electron chi connectivity index (χ4n) is 2.77. The lowest BCUT2D eigenvalue weighted by Gasteiger charge is -2.12. The Morgan fingerprint density at radius 3 is 2.50 bits per heavy atom. The number of carbonyl (C=O) groups is 2. The first-order chi connectivity index (χ1) is 12.5. The molecule has 1 aromatic heterocycles. The van der Waals surface area contributed by atoms with Crippen molar-refractivity contribution in [1.82, 2.24) is 9.88 Å². The Labute approximate surface area is 160 Å². The van der Waals surface area contributed by atoms with Gasteiger partial charge in [-0.1, -0.05) is 0 Å². The fraction of sp³-hybridized carbons (Fsp3) is 0.333. The van der Waals surface area contributed by atoms with E-state index in [0.29, 0.717) is 23.6 Å². The van der Waals surface area contributed by atoms with Gasteiger partial charge in [0, 0.05) is 42.2 Å². The van der Waals surface area contributed by atoms with Crippen LogP contribution in [0.2, 0.25) is 0 Å². The zero-order valence-electron chi connectivity index (χ0n) is 14.4. The average Bonchev–Trinajstić information content (AvgIpc) is 3.24. The lowest BCUT2D eigenvalue weighted by atomic mass is 10.2. The third-order valence-electron chi connectivity index (χ3n) is 4.12. The summed E-state index contributed by atoms with van der Waals surface area (Å²) in [6.45, 7) is 1.27. The van der Waals surface area contributed by atoms with E-state index < -0.39 is 0 Å². The Morgan fingerprint density at radius 2 is 1.92 bits per heavy atom. The third kappa shape index (κ3) is 4.86. The molecule has 8 heteroatoms. The molecule has 0 radical (unpaired) electrons. The van der Waals surface area contributed by atoms with E-state index in [4.69, 9.17) is 4.74 Å². The number of amides is 3. The molecule has 1 unspecified atom stereocenters. The van der Waals surface area contributed by atoms with Crippen molar-refractivity contribution in [1.29, 1.82) is 0 Å². The van der Waals surface area contributed by atoms with Crippen molar-refractivity contribution in [2.75, 3.05) is 23.8 Å². The first-order valence-electron chi connectivity index (χ1n) is 8.41. The van der Waals surface area contributed by atoms with Gasteiger partial charge in [0.05, 0.1) is 6.10 Å². The maximum absolute atomic E-state index is 12.3. The normalized spacial score (nSPS) is 16.3. The van der Waals surface area contributed by atoms with Gasteiger partial charge in [0.1, 0.15) is 5.69 Å². The second-order valence-electron chi connectivity index (χ2n) is 6.16. The summed E-state index contributed by atoms with van der Waals surface area (Å²) in [7, 11) is 1.81. The molecule has 1 aliphatic rings. The summed E-state index contributed by atoms with van der Waals surface area (Å²) in [6, 6.07) is 8.44. The van der Waals surface area contributed by atoms with Crippen LogP contribution in [0.4, 0.5) is 16.2 Å². The average molecular weight is 421 g/mol. The highest BCUT2D eigenvalue weighted by Gasteiger charge is 2.16. The standard InChI is InChI=1S/C18H21BrN4O3/c1-23-11-12(19)9-16(23)17(24)21-13-4-6-14(7-5-13)22-18(25)20-10-15-3-2-8-26-15/h4-7,9,11,15H,2-3,8,10H2,1H3,(H,21,24)(H2,20,22,25). The Morgan fingerprint density at radius 1 is 1.23 bits per heavy atom. The first-order valence-corrected chi connectivity index (χ1v) is 9.20. The van der Waals surface area contributed by atoms with Gasteiger partial charge in [-0.15, -0.1) is 0 Å². The Hall–Kier alpha value is -2.32. The van der Waals surface area contributed by atoms with E-state index >= 15 is 0 Å². The van der Waals surface area contributed by atoms with Crippen molar-refractivity contribution in [2.24, 2.45) is 7.05 Å². The number of benzene rings is 1. The second-order valence-corrected chi connectivity index (χ2v) is 7.07. The van der Waals surface area contributed by atoms with Crippen molar-refractivity contribution in [2.45, 2.75) is 18.9 Å². The van der Waals surface area contributed by atoms with Gasteiger partial charge in [-0.25, -0.2) is 4.79 Å². The molecule has 1 aromatic carbocycles. The number of nitrogens with one attached hydrogen (secondary N) is 3. The molecule has 0 aliphatic carbocycles. The van der Waals surface area contributed by atoms with E-state index in [-0.39, 0.29) is 18.0 Å². The third-order valence-corrected chi connectivity index (χ3v) is 4.55. The zero-order chi connectivity index (χ0) is 18.5. The van der Waals surface area contributed by atoms with Gasteiger partial charge in [-0.05, 0) is 59.1 Å². The number of carbonyl (C=O) groups excluding carboxylic acids is 2. The van der Waals surface area contributed by atoms with Crippen LogP contribution in [0, 0.1) is 0 Å². The van der Waals surface area contributed by atoms with E-state index in [2.05, 4.69) is 31.9 Å².